The first kappa shape index (κ1) is 15.0. The van der Waals surface area contributed by atoms with Gasteiger partial charge in [0.25, 0.3) is 0 Å². The van der Waals surface area contributed by atoms with Gasteiger partial charge in [-0.05, 0) is 44.7 Å². The molecule has 2 atom stereocenters. The molecule has 1 aromatic rings. The number of aliphatic hydroxyl groups is 1. The summed E-state index contributed by atoms with van der Waals surface area (Å²) in [5.41, 5.74) is 3.13. The van der Waals surface area contributed by atoms with E-state index in [4.69, 9.17) is 9.47 Å². The lowest BCUT2D eigenvalue weighted by Crippen LogP contribution is -2.09. The molecular weight excluding hydrogens is 228 g/mol. The Morgan fingerprint density at radius 2 is 1.83 bits per heavy atom. The van der Waals surface area contributed by atoms with E-state index < -0.39 is 6.10 Å². The number of hydrogen-bond donors (Lipinski definition) is 1. The van der Waals surface area contributed by atoms with Crippen LogP contribution in [0.4, 0.5) is 0 Å². The van der Waals surface area contributed by atoms with Gasteiger partial charge in [-0.3, -0.25) is 0 Å². The summed E-state index contributed by atoms with van der Waals surface area (Å²) in [6, 6.07) is 3.97. The van der Waals surface area contributed by atoms with Gasteiger partial charge in [0.2, 0.25) is 0 Å². The van der Waals surface area contributed by atoms with Crippen LogP contribution >= 0.6 is 0 Å². The van der Waals surface area contributed by atoms with Crippen molar-refractivity contribution in [2.45, 2.75) is 45.8 Å². The third-order valence-corrected chi connectivity index (χ3v) is 3.52. The topological polar surface area (TPSA) is 38.7 Å². The number of methoxy groups -OCH3 is 2. The van der Waals surface area contributed by atoms with Gasteiger partial charge in [-0.25, -0.2) is 0 Å². The predicted molar refractivity (Wildman–Crippen MR) is 73.1 cm³/mol. The highest BCUT2D eigenvalue weighted by molar-refractivity contribution is 5.46. The molecule has 0 saturated carbocycles. The van der Waals surface area contributed by atoms with E-state index in [2.05, 4.69) is 0 Å². The standard InChI is InChI=1S/C15H24O3/c1-10-6-8-13(15(18-5)12(10)3)14(16)9-7-11(2)17-4/h6,8,11,14,16H,7,9H2,1-5H3. The Balaban J connectivity index is 2.85. The molecule has 0 aliphatic rings. The summed E-state index contributed by atoms with van der Waals surface area (Å²) in [6.45, 7) is 6.06. The number of aryl methyl sites for hydroxylation is 1. The molecule has 0 spiro atoms. The molecule has 1 rings (SSSR count). The molecule has 0 saturated heterocycles. The first-order chi connectivity index (χ1) is 8.51. The Kier molecular flexibility index (Phi) is 5.63. The van der Waals surface area contributed by atoms with Crippen LogP contribution in [0, 0.1) is 13.8 Å². The first-order valence-electron chi connectivity index (χ1n) is 6.36. The van der Waals surface area contributed by atoms with Crippen LogP contribution in [0.5, 0.6) is 5.75 Å². The summed E-state index contributed by atoms with van der Waals surface area (Å²) in [5.74, 6) is 0.799. The zero-order valence-electron chi connectivity index (χ0n) is 12.0. The van der Waals surface area contributed by atoms with Gasteiger partial charge in [0.05, 0.1) is 19.3 Å². The van der Waals surface area contributed by atoms with Crippen LogP contribution in [0.1, 0.15) is 42.6 Å². The van der Waals surface area contributed by atoms with Crippen LogP contribution < -0.4 is 4.74 Å². The molecule has 0 aliphatic carbocycles. The molecule has 0 heterocycles. The third kappa shape index (κ3) is 3.47. The minimum atomic E-state index is -0.503. The average Bonchev–Trinajstić information content (AvgIpc) is 2.38. The minimum Gasteiger partial charge on any atom is -0.496 e. The van der Waals surface area contributed by atoms with Gasteiger partial charge in [-0.1, -0.05) is 12.1 Å². The molecule has 3 heteroatoms. The van der Waals surface area contributed by atoms with Crippen LogP contribution in [0.25, 0.3) is 0 Å². The van der Waals surface area contributed by atoms with Crippen molar-refractivity contribution < 1.29 is 14.6 Å². The molecule has 0 bridgehead atoms. The molecule has 0 radical (unpaired) electrons. The second-order valence-electron chi connectivity index (χ2n) is 4.77. The SMILES string of the molecule is COc1c(C(O)CCC(C)OC)ccc(C)c1C. The summed E-state index contributed by atoms with van der Waals surface area (Å²) >= 11 is 0. The lowest BCUT2D eigenvalue weighted by Gasteiger charge is -2.19. The molecule has 0 aliphatic heterocycles. The highest BCUT2D eigenvalue weighted by Gasteiger charge is 2.16. The minimum absolute atomic E-state index is 0.164. The summed E-state index contributed by atoms with van der Waals surface area (Å²) in [5, 5.41) is 10.3. The van der Waals surface area contributed by atoms with E-state index in [-0.39, 0.29) is 6.10 Å². The maximum absolute atomic E-state index is 10.3. The van der Waals surface area contributed by atoms with Gasteiger partial charge in [-0.2, -0.15) is 0 Å². The normalized spacial score (nSPS) is 14.3. The second kappa shape index (κ2) is 6.76. The van der Waals surface area contributed by atoms with Gasteiger partial charge >= 0.3 is 0 Å². The zero-order chi connectivity index (χ0) is 13.7. The molecule has 3 nitrogen and oxygen atoms in total. The van der Waals surface area contributed by atoms with Crippen LogP contribution in [0.2, 0.25) is 0 Å². The smallest absolute Gasteiger partial charge is 0.127 e. The highest BCUT2D eigenvalue weighted by atomic mass is 16.5. The largest absolute Gasteiger partial charge is 0.496 e. The van der Waals surface area contributed by atoms with E-state index in [0.717, 1.165) is 23.3 Å². The molecule has 0 amide bonds. The van der Waals surface area contributed by atoms with Crippen molar-refractivity contribution in [2.24, 2.45) is 0 Å². The molecular formula is C15H24O3. The third-order valence-electron chi connectivity index (χ3n) is 3.52. The molecule has 1 aromatic carbocycles. The maximum Gasteiger partial charge on any atom is 0.127 e. The summed E-state index contributed by atoms with van der Waals surface area (Å²) in [6.07, 6.45) is 1.16. The van der Waals surface area contributed by atoms with Crippen LogP contribution in [-0.2, 0) is 4.74 Å². The highest BCUT2D eigenvalue weighted by Crippen LogP contribution is 2.33. The Morgan fingerprint density at radius 3 is 2.39 bits per heavy atom. The monoisotopic (exact) mass is 252 g/mol. The molecule has 102 valence electrons. The number of ether oxygens (including phenoxy) is 2. The molecule has 0 aromatic heterocycles. The van der Waals surface area contributed by atoms with Crippen molar-refractivity contribution in [3.63, 3.8) is 0 Å². The van der Waals surface area contributed by atoms with Crippen LogP contribution in [-0.4, -0.2) is 25.4 Å². The quantitative estimate of drug-likeness (QED) is 0.845. The second-order valence-corrected chi connectivity index (χ2v) is 4.77. The van der Waals surface area contributed by atoms with Gasteiger partial charge in [0, 0.05) is 12.7 Å². The number of hydrogen-bond acceptors (Lipinski definition) is 3. The van der Waals surface area contributed by atoms with Crippen molar-refractivity contribution in [3.8, 4) is 5.75 Å². The van der Waals surface area contributed by atoms with Gasteiger partial charge in [0.15, 0.2) is 0 Å². The summed E-state index contributed by atoms with van der Waals surface area (Å²) < 4.78 is 10.6. The van der Waals surface area contributed by atoms with Crippen molar-refractivity contribution in [1.29, 1.82) is 0 Å². The number of aliphatic hydroxyl groups excluding tert-OH is 1. The fraction of sp³-hybridized carbons (Fsp3) is 0.600. The van der Waals surface area contributed by atoms with Crippen molar-refractivity contribution >= 4 is 0 Å². The van der Waals surface area contributed by atoms with Crippen molar-refractivity contribution in [3.05, 3.63) is 28.8 Å². The van der Waals surface area contributed by atoms with Crippen LogP contribution in [0.15, 0.2) is 12.1 Å². The predicted octanol–water partition coefficient (Wildman–Crippen LogP) is 3.16. The number of benzene rings is 1. The molecule has 18 heavy (non-hydrogen) atoms. The Hall–Kier alpha value is -1.06. The van der Waals surface area contributed by atoms with Crippen molar-refractivity contribution in [1.82, 2.24) is 0 Å². The Labute approximate surface area is 110 Å². The lowest BCUT2D eigenvalue weighted by atomic mass is 9.97. The van der Waals surface area contributed by atoms with E-state index in [0.29, 0.717) is 6.42 Å². The lowest BCUT2D eigenvalue weighted by molar-refractivity contribution is 0.0843. The van der Waals surface area contributed by atoms with Crippen LogP contribution in [0.3, 0.4) is 0 Å². The number of rotatable bonds is 6. The summed E-state index contributed by atoms with van der Waals surface area (Å²) in [4.78, 5) is 0. The Bertz CT molecular complexity index is 388. The first-order valence-corrected chi connectivity index (χ1v) is 6.36. The van der Waals surface area contributed by atoms with E-state index in [1.165, 1.54) is 5.56 Å². The molecule has 2 unspecified atom stereocenters. The van der Waals surface area contributed by atoms with E-state index >= 15 is 0 Å². The molecule has 0 fully saturated rings. The molecule has 1 N–H and O–H groups in total. The van der Waals surface area contributed by atoms with E-state index in [1.807, 2.05) is 32.9 Å². The fourth-order valence-electron chi connectivity index (χ4n) is 2.01. The summed E-state index contributed by atoms with van der Waals surface area (Å²) in [7, 11) is 3.34. The van der Waals surface area contributed by atoms with Crippen molar-refractivity contribution in [2.75, 3.05) is 14.2 Å². The van der Waals surface area contributed by atoms with Gasteiger partial charge in [-0.15, -0.1) is 0 Å². The van der Waals surface area contributed by atoms with E-state index in [9.17, 15) is 5.11 Å². The fourth-order valence-corrected chi connectivity index (χ4v) is 2.01. The maximum atomic E-state index is 10.3. The average molecular weight is 252 g/mol. The zero-order valence-corrected chi connectivity index (χ0v) is 12.0. The van der Waals surface area contributed by atoms with E-state index in [1.54, 1.807) is 14.2 Å². The Morgan fingerprint density at radius 1 is 1.17 bits per heavy atom. The van der Waals surface area contributed by atoms with Gasteiger partial charge in [0.1, 0.15) is 5.75 Å². The van der Waals surface area contributed by atoms with Gasteiger partial charge < -0.3 is 14.6 Å².